The second-order valence-corrected chi connectivity index (χ2v) is 7.68. The fraction of sp³-hybridized carbons (Fsp3) is 0.389. The molecule has 1 fully saturated rings. The molecule has 3 rings (SSSR count). The highest BCUT2D eigenvalue weighted by Crippen LogP contribution is 2.35. The van der Waals surface area contributed by atoms with Gasteiger partial charge in [-0.1, -0.05) is 23.7 Å². The molecule has 0 spiro atoms. The molecule has 1 saturated heterocycles. The maximum absolute atomic E-state index is 12.8. The first-order valence-corrected chi connectivity index (χ1v) is 10.2. The maximum atomic E-state index is 12.8. The summed E-state index contributed by atoms with van der Waals surface area (Å²) in [4.78, 5) is 32.6. The van der Waals surface area contributed by atoms with Crippen molar-refractivity contribution in [3.05, 3.63) is 34.8 Å². The summed E-state index contributed by atoms with van der Waals surface area (Å²) in [5, 5.41) is 5.40. The number of carbonyl (C=O) groups is 2. The van der Waals surface area contributed by atoms with E-state index in [2.05, 4.69) is 15.1 Å². The summed E-state index contributed by atoms with van der Waals surface area (Å²) in [6.45, 7) is 1.50. The number of aromatic nitrogens is 1. The first-order valence-electron chi connectivity index (χ1n) is 8.93. The Bertz CT molecular complexity index is 903. The molecule has 2 heterocycles. The molecule has 0 atom stereocenters. The number of amides is 1. The highest BCUT2D eigenvalue weighted by atomic mass is 35.5. The molecule has 2 aromatic rings. The molecule has 1 aromatic heterocycles. The SMILES string of the molecule is O=C(OCC1CCNCC1)N(OC(=O)C(F)(F)F)c1ccccc1-c1nc(Cl)cs1. The van der Waals surface area contributed by atoms with Gasteiger partial charge in [0.2, 0.25) is 0 Å². The molecule has 12 heteroatoms. The van der Waals surface area contributed by atoms with Crippen LogP contribution in [0.1, 0.15) is 12.8 Å². The average molecular weight is 464 g/mol. The molecule has 7 nitrogen and oxygen atoms in total. The van der Waals surface area contributed by atoms with Crippen molar-refractivity contribution < 1.29 is 32.3 Å². The Morgan fingerprint density at radius 1 is 1.27 bits per heavy atom. The Kier molecular flexibility index (Phi) is 7.16. The van der Waals surface area contributed by atoms with E-state index in [-0.39, 0.29) is 34.0 Å². The molecule has 1 aliphatic rings. The molecule has 0 unspecified atom stereocenters. The fourth-order valence-corrected chi connectivity index (χ4v) is 3.81. The predicted octanol–water partition coefficient (Wildman–Crippen LogP) is 4.43. The summed E-state index contributed by atoms with van der Waals surface area (Å²) >= 11 is 6.95. The van der Waals surface area contributed by atoms with Crippen molar-refractivity contribution in [3.8, 4) is 10.6 Å². The molecule has 1 aliphatic heterocycles. The lowest BCUT2D eigenvalue weighted by molar-refractivity contribution is -0.200. The van der Waals surface area contributed by atoms with Gasteiger partial charge in [-0.3, -0.25) is 0 Å². The van der Waals surface area contributed by atoms with E-state index in [0.29, 0.717) is 5.01 Å². The van der Waals surface area contributed by atoms with Gasteiger partial charge >= 0.3 is 18.2 Å². The van der Waals surface area contributed by atoms with Gasteiger partial charge in [0.25, 0.3) is 0 Å². The van der Waals surface area contributed by atoms with Gasteiger partial charge in [0.1, 0.15) is 10.2 Å². The number of hydrogen-bond donors (Lipinski definition) is 1. The minimum Gasteiger partial charge on any atom is -0.447 e. The molecule has 1 aromatic carbocycles. The zero-order valence-corrected chi connectivity index (χ0v) is 17.0. The molecule has 0 bridgehead atoms. The fourth-order valence-electron chi connectivity index (χ4n) is 2.83. The van der Waals surface area contributed by atoms with Crippen LogP contribution in [0.15, 0.2) is 29.6 Å². The van der Waals surface area contributed by atoms with Gasteiger partial charge in [-0.2, -0.15) is 13.2 Å². The van der Waals surface area contributed by atoms with Crippen LogP contribution in [0.3, 0.4) is 0 Å². The molecule has 1 N–H and O–H groups in total. The molecular formula is C18H17ClF3N3O4S. The van der Waals surface area contributed by atoms with Crippen molar-refractivity contribution in [1.82, 2.24) is 10.3 Å². The number of nitrogens with zero attached hydrogens (tertiary/aromatic N) is 2. The van der Waals surface area contributed by atoms with Crippen molar-refractivity contribution in [1.29, 1.82) is 0 Å². The van der Waals surface area contributed by atoms with E-state index in [9.17, 15) is 22.8 Å². The Morgan fingerprint density at radius 2 is 1.97 bits per heavy atom. The van der Waals surface area contributed by atoms with Crippen molar-refractivity contribution in [2.75, 3.05) is 24.8 Å². The zero-order chi connectivity index (χ0) is 21.7. The van der Waals surface area contributed by atoms with Crippen LogP contribution in [-0.2, 0) is 14.4 Å². The third-order valence-electron chi connectivity index (χ3n) is 4.30. The van der Waals surface area contributed by atoms with E-state index in [1.54, 1.807) is 6.07 Å². The van der Waals surface area contributed by atoms with Crippen LogP contribution in [0.2, 0.25) is 5.15 Å². The molecule has 30 heavy (non-hydrogen) atoms. The smallest absolute Gasteiger partial charge is 0.447 e. The van der Waals surface area contributed by atoms with Crippen LogP contribution >= 0.6 is 22.9 Å². The summed E-state index contributed by atoms with van der Waals surface area (Å²) in [6.07, 6.45) is -5.03. The van der Waals surface area contributed by atoms with Crippen molar-refractivity contribution in [3.63, 3.8) is 0 Å². The summed E-state index contributed by atoms with van der Waals surface area (Å²) in [5.74, 6) is -2.49. The molecular weight excluding hydrogens is 447 g/mol. The van der Waals surface area contributed by atoms with Gasteiger partial charge < -0.3 is 14.9 Å². The normalized spacial score (nSPS) is 14.9. The van der Waals surface area contributed by atoms with E-state index in [0.717, 1.165) is 37.3 Å². The number of hydrogen-bond acceptors (Lipinski definition) is 7. The third kappa shape index (κ3) is 5.61. The number of ether oxygens (including phenoxy) is 1. The first kappa shape index (κ1) is 22.3. The number of rotatable bonds is 4. The Labute approximate surface area is 178 Å². The maximum Gasteiger partial charge on any atom is 0.493 e. The van der Waals surface area contributed by atoms with Crippen LogP contribution in [0.25, 0.3) is 10.6 Å². The number of piperidine rings is 1. The lowest BCUT2D eigenvalue weighted by atomic mass is 9.99. The van der Waals surface area contributed by atoms with Crippen LogP contribution < -0.4 is 10.4 Å². The molecule has 1 amide bonds. The van der Waals surface area contributed by atoms with Gasteiger partial charge in [-0.05, 0) is 44.0 Å². The first-order chi connectivity index (χ1) is 14.3. The summed E-state index contributed by atoms with van der Waals surface area (Å²) in [5.41, 5.74) is 0.125. The number of thiazole rings is 1. The third-order valence-corrected chi connectivity index (χ3v) is 5.50. The summed E-state index contributed by atoms with van der Waals surface area (Å²) < 4.78 is 43.6. The highest BCUT2D eigenvalue weighted by molar-refractivity contribution is 7.13. The largest absolute Gasteiger partial charge is 0.493 e. The average Bonchev–Trinajstić information content (AvgIpc) is 3.16. The molecule has 0 aliphatic carbocycles. The minimum absolute atomic E-state index is 0.00811. The predicted molar refractivity (Wildman–Crippen MR) is 104 cm³/mol. The minimum atomic E-state index is -5.30. The number of benzene rings is 1. The van der Waals surface area contributed by atoms with Crippen molar-refractivity contribution in [2.45, 2.75) is 19.0 Å². The topological polar surface area (TPSA) is 80.8 Å². The number of hydroxylamine groups is 1. The molecule has 162 valence electrons. The highest BCUT2D eigenvalue weighted by Gasteiger charge is 2.44. The second kappa shape index (κ2) is 9.63. The van der Waals surface area contributed by atoms with Gasteiger partial charge in [-0.15, -0.1) is 16.4 Å². The number of halogens is 4. The van der Waals surface area contributed by atoms with E-state index < -0.39 is 18.2 Å². The number of carbonyl (C=O) groups excluding carboxylic acids is 2. The lowest BCUT2D eigenvalue weighted by Crippen LogP contribution is -2.40. The Balaban J connectivity index is 1.88. The van der Waals surface area contributed by atoms with E-state index in [4.69, 9.17) is 16.3 Å². The number of alkyl halides is 3. The van der Waals surface area contributed by atoms with Crippen molar-refractivity contribution >= 4 is 40.7 Å². The number of para-hydroxylation sites is 1. The van der Waals surface area contributed by atoms with E-state index >= 15 is 0 Å². The summed E-state index contributed by atoms with van der Waals surface area (Å²) in [6, 6.07) is 5.90. The zero-order valence-electron chi connectivity index (χ0n) is 15.4. The van der Waals surface area contributed by atoms with E-state index in [1.807, 2.05) is 0 Å². The molecule has 0 radical (unpaired) electrons. The van der Waals surface area contributed by atoms with E-state index in [1.165, 1.54) is 23.6 Å². The van der Waals surface area contributed by atoms with Crippen LogP contribution in [-0.4, -0.2) is 42.9 Å². The van der Waals surface area contributed by atoms with Crippen LogP contribution in [0.5, 0.6) is 0 Å². The van der Waals surface area contributed by atoms with Gasteiger partial charge in [0.05, 0.1) is 12.3 Å². The van der Waals surface area contributed by atoms with Gasteiger partial charge in [0.15, 0.2) is 0 Å². The summed E-state index contributed by atoms with van der Waals surface area (Å²) in [7, 11) is 0. The molecule has 0 saturated carbocycles. The quantitative estimate of drug-likeness (QED) is 0.676. The second-order valence-electron chi connectivity index (χ2n) is 6.43. The Morgan fingerprint density at radius 3 is 2.60 bits per heavy atom. The monoisotopic (exact) mass is 463 g/mol. The standard InChI is InChI=1S/C18H17ClF3N3O4S/c19-14-10-30-15(24-14)12-3-1-2-4-13(12)25(29-16(26)18(20,21)22)17(27)28-9-11-5-7-23-8-6-11/h1-4,10-11,23H,5-9H2. The Hall–Kier alpha value is -2.37. The van der Waals surface area contributed by atoms with Crippen LogP contribution in [0, 0.1) is 5.92 Å². The van der Waals surface area contributed by atoms with Crippen LogP contribution in [0.4, 0.5) is 23.7 Å². The van der Waals surface area contributed by atoms with Crippen molar-refractivity contribution in [2.24, 2.45) is 5.92 Å². The lowest BCUT2D eigenvalue weighted by Gasteiger charge is -2.25. The van der Waals surface area contributed by atoms with Gasteiger partial charge in [-0.25, -0.2) is 14.6 Å². The van der Waals surface area contributed by atoms with Gasteiger partial charge in [0, 0.05) is 10.9 Å². The number of anilines is 1. The number of nitrogens with one attached hydrogen (secondary N) is 1.